The first-order chi connectivity index (χ1) is 17.5. The van der Waals surface area contributed by atoms with E-state index in [9.17, 15) is 4.79 Å². The molecular formula is C25H22Cl2N6O3. The van der Waals surface area contributed by atoms with E-state index < -0.39 is 23.3 Å². The first-order valence-electron chi connectivity index (χ1n) is 11.6. The van der Waals surface area contributed by atoms with Gasteiger partial charge in [-0.2, -0.15) is 10.2 Å². The van der Waals surface area contributed by atoms with Crippen molar-refractivity contribution in [1.82, 2.24) is 29.5 Å². The van der Waals surface area contributed by atoms with Crippen molar-refractivity contribution in [1.29, 1.82) is 0 Å². The molecule has 0 bridgehead atoms. The minimum Gasteiger partial charge on any atom is -0.483 e. The van der Waals surface area contributed by atoms with Crippen molar-refractivity contribution < 1.29 is 14.3 Å². The van der Waals surface area contributed by atoms with E-state index >= 15 is 0 Å². The molecule has 9 nitrogen and oxygen atoms in total. The van der Waals surface area contributed by atoms with Crippen molar-refractivity contribution in [3.63, 3.8) is 0 Å². The lowest BCUT2D eigenvalue weighted by molar-refractivity contribution is -0.133. The van der Waals surface area contributed by atoms with Gasteiger partial charge in [0.15, 0.2) is 17.9 Å². The van der Waals surface area contributed by atoms with Gasteiger partial charge < -0.3 is 9.47 Å². The van der Waals surface area contributed by atoms with Crippen LogP contribution in [0.4, 0.5) is 0 Å². The Hall–Kier alpha value is -3.43. The number of aromatic nitrogens is 6. The fourth-order valence-corrected chi connectivity index (χ4v) is 5.06. The van der Waals surface area contributed by atoms with Crippen LogP contribution in [0.15, 0.2) is 73.8 Å². The molecule has 0 radical (unpaired) electrons. The summed E-state index contributed by atoms with van der Waals surface area (Å²) in [4.78, 5) is 22.8. The number of Topliss-reactive ketones (excluding diaryl/α,β-unsaturated/α-hetero) is 1. The molecular weight excluding hydrogens is 503 g/mol. The minimum atomic E-state index is -0.838. The molecule has 2 unspecified atom stereocenters. The van der Waals surface area contributed by atoms with E-state index in [1.54, 1.807) is 33.6 Å². The van der Waals surface area contributed by atoms with Gasteiger partial charge in [-0.15, -0.1) is 0 Å². The highest BCUT2D eigenvalue weighted by molar-refractivity contribution is 6.32. The number of ketones is 1. The molecule has 4 aromatic rings. The second kappa shape index (κ2) is 8.90. The van der Waals surface area contributed by atoms with Crippen LogP contribution in [-0.2, 0) is 4.79 Å². The summed E-state index contributed by atoms with van der Waals surface area (Å²) in [5.41, 5.74) is -1.68. The quantitative estimate of drug-likeness (QED) is 0.295. The zero-order chi connectivity index (χ0) is 24.8. The molecule has 2 aromatic heterocycles. The van der Waals surface area contributed by atoms with Crippen molar-refractivity contribution in [2.75, 3.05) is 0 Å². The van der Waals surface area contributed by atoms with Crippen molar-refractivity contribution >= 4 is 29.0 Å². The number of carbonyl (C=O) groups is 1. The van der Waals surface area contributed by atoms with Crippen LogP contribution < -0.4 is 9.47 Å². The molecule has 0 amide bonds. The lowest BCUT2D eigenvalue weighted by Gasteiger charge is -2.33. The number of nitrogens with zero attached hydrogens (tertiary/aromatic N) is 6. The SMILES string of the molecule is O=C(C(n1cncn1)C1(Oc2ccccc2Cl)CC1)C(n1cncn1)C1(Oc2ccccc2Cl)CC1. The van der Waals surface area contributed by atoms with Crippen LogP contribution in [0, 0.1) is 0 Å². The highest BCUT2D eigenvalue weighted by Crippen LogP contribution is 2.55. The van der Waals surface area contributed by atoms with Gasteiger partial charge in [0.05, 0.1) is 10.0 Å². The molecule has 6 rings (SSSR count). The first-order valence-corrected chi connectivity index (χ1v) is 12.4. The zero-order valence-corrected chi connectivity index (χ0v) is 20.6. The standard InChI is InChI=1S/C25H22Cl2N6O3/c26-17-5-1-3-7-19(17)35-24(9-10-24)22(32-15-28-13-30-32)21(34)23(33-16-29-14-31-33)25(11-12-25)36-20-8-4-2-6-18(20)27/h1-8,13-16,22-23H,9-12H2. The highest BCUT2D eigenvalue weighted by atomic mass is 35.5. The Morgan fingerprint density at radius 3 is 1.50 bits per heavy atom. The van der Waals surface area contributed by atoms with E-state index in [0.29, 0.717) is 47.2 Å². The molecule has 0 N–H and O–H groups in total. The summed E-state index contributed by atoms with van der Waals surface area (Å²) >= 11 is 12.8. The third-order valence-corrected chi connectivity index (χ3v) is 7.35. The fourth-order valence-electron chi connectivity index (χ4n) is 4.71. The molecule has 184 valence electrons. The normalized spacial score (nSPS) is 18.7. The molecule has 2 heterocycles. The summed E-state index contributed by atoms with van der Waals surface area (Å²) < 4.78 is 16.0. The van der Waals surface area contributed by atoms with Crippen LogP contribution in [0.2, 0.25) is 10.0 Å². The molecule has 2 aliphatic carbocycles. The Balaban J connectivity index is 1.40. The van der Waals surface area contributed by atoms with Gasteiger partial charge >= 0.3 is 0 Å². The van der Waals surface area contributed by atoms with Gasteiger partial charge in [0.1, 0.15) is 48.0 Å². The summed E-state index contributed by atoms with van der Waals surface area (Å²) in [5.74, 6) is 0.862. The second-order valence-corrected chi connectivity index (χ2v) is 9.97. The third kappa shape index (κ3) is 4.12. The smallest absolute Gasteiger partial charge is 0.190 e. The van der Waals surface area contributed by atoms with E-state index in [4.69, 9.17) is 32.7 Å². The Labute approximate surface area is 217 Å². The van der Waals surface area contributed by atoms with E-state index in [-0.39, 0.29) is 5.78 Å². The van der Waals surface area contributed by atoms with Crippen LogP contribution in [0.5, 0.6) is 11.5 Å². The molecule has 36 heavy (non-hydrogen) atoms. The predicted octanol–water partition coefficient (Wildman–Crippen LogP) is 4.75. The third-order valence-electron chi connectivity index (χ3n) is 6.72. The molecule has 0 aliphatic heterocycles. The van der Waals surface area contributed by atoms with Gasteiger partial charge in [0, 0.05) is 0 Å². The molecule has 0 saturated heterocycles. The van der Waals surface area contributed by atoms with Gasteiger partial charge in [-0.25, -0.2) is 19.3 Å². The maximum absolute atomic E-state index is 14.6. The summed E-state index contributed by atoms with van der Waals surface area (Å²) in [5, 5.41) is 9.62. The lowest BCUT2D eigenvalue weighted by atomic mass is 9.93. The number of ether oxygens (including phenoxy) is 2. The van der Waals surface area contributed by atoms with Crippen molar-refractivity contribution in [3.05, 3.63) is 83.9 Å². The maximum atomic E-state index is 14.6. The van der Waals surface area contributed by atoms with Gasteiger partial charge in [-0.05, 0) is 49.9 Å². The van der Waals surface area contributed by atoms with Crippen LogP contribution in [0.3, 0.4) is 0 Å². The summed E-state index contributed by atoms with van der Waals surface area (Å²) in [6.07, 6.45) is 8.48. The van der Waals surface area contributed by atoms with Gasteiger partial charge in [0.25, 0.3) is 0 Å². The number of para-hydroxylation sites is 2. The van der Waals surface area contributed by atoms with Crippen LogP contribution in [0.25, 0.3) is 0 Å². The summed E-state index contributed by atoms with van der Waals surface area (Å²) in [6, 6.07) is 12.9. The van der Waals surface area contributed by atoms with Crippen LogP contribution >= 0.6 is 23.2 Å². The highest BCUT2D eigenvalue weighted by Gasteiger charge is 2.64. The van der Waals surface area contributed by atoms with Gasteiger partial charge in [0.2, 0.25) is 0 Å². The Kier molecular flexibility index (Phi) is 5.69. The molecule has 0 spiro atoms. The lowest BCUT2D eigenvalue weighted by Crippen LogP contribution is -2.46. The number of hydrogen-bond donors (Lipinski definition) is 0. The minimum absolute atomic E-state index is 0.167. The Morgan fingerprint density at radius 2 is 1.17 bits per heavy atom. The molecule has 2 fully saturated rings. The van der Waals surface area contributed by atoms with E-state index in [2.05, 4.69) is 20.2 Å². The average Bonchev–Trinajstić information content (AvgIpc) is 3.65. The molecule has 2 atom stereocenters. The van der Waals surface area contributed by atoms with Gasteiger partial charge in [-0.1, -0.05) is 47.5 Å². The second-order valence-electron chi connectivity index (χ2n) is 9.15. The van der Waals surface area contributed by atoms with Crippen LogP contribution in [-0.4, -0.2) is 46.5 Å². The maximum Gasteiger partial charge on any atom is 0.190 e. The summed E-state index contributed by atoms with van der Waals surface area (Å²) in [7, 11) is 0. The number of hydrogen-bond acceptors (Lipinski definition) is 7. The number of rotatable bonds is 10. The molecule has 2 aliphatic rings. The largest absolute Gasteiger partial charge is 0.483 e. The molecule has 11 heteroatoms. The monoisotopic (exact) mass is 524 g/mol. The van der Waals surface area contributed by atoms with Gasteiger partial charge in [-0.3, -0.25) is 4.79 Å². The van der Waals surface area contributed by atoms with Crippen LogP contribution in [0.1, 0.15) is 37.8 Å². The summed E-state index contributed by atoms with van der Waals surface area (Å²) in [6.45, 7) is 0. The number of benzene rings is 2. The van der Waals surface area contributed by atoms with E-state index in [1.165, 1.54) is 25.3 Å². The van der Waals surface area contributed by atoms with E-state index in [1.807, 2.05) is 24.3 Å². The number of halogens is 2. The van der Waals surface area contributed by atoms with Crippen molar-refractivity contribution in [2.24, 2.45) is 0 Å². The fraction of sp³-hybridized carbons (Fsp3) is 0.320. The number of carbonyl (C=O) groups excluding carboxylic acids is 1. The average molecular weight is 525 g/mol. The van der Waals surface area contributed by atoms with E-state index in [0.717, 1.165) is 0 Å². The molecule has 2 aromatic carbocycles. The van der Waals surface area contributed by atoms with Crippen molar-refractivity contribution in [3.8, 4) is 11.5 Å². The predicted molar refractivity (Wildman–Crippen MR) is 131 cm³/mol. The zero-order valence-electron chi connectivity index (χ0n) is 19.1. The Bertz CT molecular complexity index is 1270. The Morgan fingerprint density at radius 1 is 0.750 bits per heavy atom. The van der Waals surface area contributed by atoms with Crippen molar-refractivity contribution in [2.45, 2.75) is 49.0 Å². The topological polar surface area (TPSA) is 97.0 Å². The molecule has 2 saturated carbocycles. The first kappa shape index (κ1) is 23.0.